The van der Waals surface area contributed by atoms with E-state index in [0.29, 0.717) is 0 Å². The van der Waals surface area contributed by atoms with Crippen molar-refractivity contribution in [2.75, 3.05) is 13.6 Å². The Morgan fingerprint density at radius 3 is 2.85 bits per heavy atom. The van der Waals surface area contributed by atoms with Gasteiger partial charge in [0.15, 0.2) is 0 Å². The van der Waals surface area contributed by atoms with Crippen LogP contribution in [0.4, 0.5) is 0 Å². The van der Waals surface area contributed by atoms with Crippen molar-refractivity contribution in [3.05, 3.63) is 53.3 Å². The third kappa shape index (κ3) is 3.37. The molecular formula is C22H23N3O. The fourth-order valence-corrected chi connectivity index (χ4v) is 3.36. The van der Waals surface area contributed by atoms with Crippen LogP contribution in [0.25, 0.3) is 22.2 Å². The van der Waals surface area contributed by atoms with E-state index < -0.39 is 5.60 Å². The van der Waals surface area contributed by atoms with Crippen LogP contribution in [0.2, 0.25) is 0 Å². The van der Waals surface area contributed by atoms with Crippen LogP contribution in [0, 0.1) is 11.8 Å². The van der Waals surface area contributed by atoms with Gasteiger partial charge in [0, 0.05) is 36.4 Å². The largest absolute Gasteiger partial charge is 0.378 e. The topological polar surface area (TPSA) is 52.2 Å². The lowest BCUT2D eigenvalue weighted by molar-refractivity contribution is 0.143. The van der Waals surface area contributed by atoms with Crippen LogP contribution in [0.1, 0.15) is 30.5 Å². The number of nitrogens with zero attached hydrogens (tertiary/aromatic N) is 2. The van der Waals surface area contributed by atoms with E-state index in [-0.39, 0.29) is 0 Å². The van der Waals surface area contributed by atoms with Gasteiger partial charge >= 0.3 is 0 Å². The maximum absolute atomic E-state index is 9.85. The Morgan fingerprint density at radius 2 is 2.04 bits per heavy atom. The molecule has 0 amide bonds. The van der Waals surface area contributed by atoms with Crippen LogP contribution in [-0.2, 0) is 13.0 Å². The number of aromatic amines is 1. The van der Waals surface area contributed by atoms with Crippen molar-refractivity contribution in [3.8, 4) is 23.0 Å². The van der Waals surface area contributed by atoms with E-state index in [2.05, 4.69) is 58.0 Å². The van der Waals surface area contributed by atoms with Gasteiger partial charge in [-0.15, -0.1) is 0 Å². The van der Waals surface area contributed by atoms with Crippen molar-refractivity contribution in [3.63, 3.8) is 0 Å². The minimum absolute atomic E-state index is 0.812. The van der Waals surface area contributed by atoms with Crippen LogP contribution in [0.3, 0.4) is 0 Å². The molecule has 132 valence electrons. The summed E-state index contributed by atoms with van der Waals surface area (Å²) in [7, 11) is 2.16. The number of aromatic nitrogens is 2. The zero-order valence-corrected chi connectivity index (χ0v) is 15.4. The molecule has 0 fully saturated rings. The molecule has 4 nitrogen and oxygen atoms in total. The minimum Gasteiger partial charge on any atom is -0.378 e. The van der Waals surface area contributed by atoms with E-state index >= 15 is 0 Å². The number of hydrogen-bond donors (Lipinski definition) is 2. The summed E-state index contributed by atoms with van der Waals surface area (Å²) >= 11 is 0. The number of hydrogen-bond acceptors (Lipinski definition) is 3. The Morgan fingerprint density at radius 1 is 1.19 bits per heavy atom. The lowest BCUT2D eigenvalue weighted by Crippen LogP contribution is -2.26. The Labute approximate surface area is 153 Å². The highest BCUT2D eigenvalue weighted by Crippen LogP contribution is 2.28. The summed E-state index contributed by atoms with van der Waals surface area (Å²) in [5.41, 5.74) is 5.75. The molecule has 2 aromatic heterocycles. The average molecular weight is 345 g/mol. The second-order valence-corrected chi connectivity index (χ2v) is 7.60. The summed E-state index contributed by atoms with van der Waals surface area (Å²) in [5.74, 6) is 5.94. The smallest absolute Gasteiger partial charge is 0.138 e. The van der Waals surface area contributed by atoms with Gasteiger partial charge in [0.05, 0.1) is 5.56 Å². The monoisotopic (exact) mass is 345 g/mol. The third-order valence-electron chi connectivity index (χ3n) is 4.78. The summed E-state index contributed by atoms with van der Waals surface area (Å²) in [6.07, 6.45) is 4.86. The number of H-pyrrole nitrogens is 1. The third-order valence-corrected chi connectivity index (χ3v) is 4.78. The lowest BCUT2D eigenvalue weighted by atomic mass is 9.95. The maximum Gasteiger partial charge on any atom is 0.138 e. The molecule has 0 aliphatic carbocycles. The van der Waals surface area contributed by atoms with E-state index in [1.807, 2.05) is 12.4 Å². The van der Waals surface area contributed by atoms with Crippen LogP contribution >= 0.6 is 0 Å². The molecule has 3 aromatic rings. The van der Waals surface area contributed by atoms with Gasteiger partial charge in [-0.05, 0) is 56.1 Å². The molecular weight excluding hydrogens is 322 g/mol. The Kier molecular flexibility index (Phi) is 4.07. The number of fused-ring (bicyclic) bond motifs is 2. The Bertz CT molecular complexity index is 1030. The molecule has 0 radical (unpaired) electrons. The van der Waals surface area contributed by atoms with Gasteiger partial charge in [0.1, 0.15) is 11.2 Å². The maximum atomic E-state index is 9.85. The van der Waals surface area contributed by atoms with Gasteiger partial charge in [-0.25, -0.2) is 4.98 Å². The standard InChI is InChI=1S/C22H23N3O/c1-22(2,26)8-6-17-12-23-21-20(17)11-18(13-24-21)16-5-4-15-7-9-25(3)14-19(15)10-16/h4-5,10-13,26H,7,9,14H2,1-3H3,(H,23,24). The van der Waals surface area contributed by atoms with Crippen LogP contribution in [0.5, 0.6) is 0 Å². The van der Waals surface area contributed by atoms with Crippen molar-refractivity contribution >= 4 is 11.0 Å². The molecule has 0 bridgehead atoms. The van der Waals surface area contributed by atoms with Gasteiger partial charge in [0.25, 0.3) is 0 Å². The fourth-order valence-electron chi connectivity index (χ4n) is 3.36. The van der Waals surface area contributed by atoms with Crippen molar-refractivity contribution < 1.29 is 5.11 Å². The highest BCUT2D eigenvalue weighted by molar-refractivity contribution is 5.87. The van der Waals surface area contributed by atoms with E-state index in [0.717, 1.165) is 41.7 Å². The van der Waals surface area contributed by atoms with Crippen molar-refractivity contribution in [2.24, 2.45) is 0 Å². The van der Waals surface area contributed by atoms with E-state index in [1.165, 1.54) is 16.7 Å². The van der Waals surface area contributed by atoms with Gasteiger partial charge in [-0.2, -0.15) is 0 Å². The molecule has 0 unspecified atom stereocenters. The molecule has 4 heteroatoms. The molecule has 1 aromatic carbocycles. The Hall–Kier alpha value is -2.61. The number of aliphatic hydroxyl groups is 1. The zero-order valence-electron chi connectivity index (χ0n) is 15.4. The van der Waals surface area contributed by atoms with E-state index in [9.17, 15) is 5.11 Å². The molecule has 26 heavy (non-hydrogen) atoms. The highest BCUT2D eigenvalue weighted by atomic mass is 16.3. The molecule has 0 spiro atoms. The minimum atomic E-state index is -1.01. The molecule has 3 heterocycles. The van der Waals surface area contributed by atoms with E-state index in [1.54, 1.807) is 13.8 Å². The molecule has 2 N–H and O–H groups in total. The first kappa shape index (κ1) is 16.8. The van der Waals surface area contributed by atoms with Gasteiger partial charge in [-0.1, -0.05) is 24.0 Å². The van der Waals surface area contributed by atoms with Gasteiger partial charge in [0.2, 0.25) is 0 Å². The first-order valence-electron chi connectivity index (χ1n) is 8.92. The van der Waals surface area contributed by atoms with Crippen molar-refractivity contribution in [1.82, 2.24) is 14.9 Å². The molecule has 1 aliphatic heterocycles. The SMILES string of the molecule is CN1CCc2ccc(-c3cnc4[nH]cc(C#CC(C)(C)O)c4c3)cc2C1. The summed E-state index contributed by atoms with van der Waals surface area (Å²) in [6.45, 7) is 5.48. The summed E-state index contributed by atoms with van der Waals surface area (Å²) in [6, 6.07) is 8.83. The lowest BCUT2D eigenvalue weighted by Gasteiger charge is -2.25. The summed E-state index contributed by atoms with van der Waals surface area (Å²) in [4.78, 5) is 10.1. The molecule has 0 saturated carbocycles. The van der Waals surface area contributed by atoms with Crippen LogP contribution in [-0.4, -0.2) is 39.2 Å². The summed E-state index contributed by atoms with van der Waals surface area (Å²) < 4.78 is 0. The predicted octanol–water partition coefficient (Wildman–Crippen LogP) is 3.34. The normalized spacial score (nSPS) is 14.8. The van der Waals surface area contributed by atoms with Crippen molar-refractivity contribution in [2.45, 2.75) is 32.4 Å². The van der Waals surface area contributed by atoms with Gasteiger partial charge in [-0.3, -0.25) is 0 Å². The first-order chi connectivity index (χ1) is 12.4. The van der Waals surface area contributed by atoms with Gasteiger partial charge < -0.3 is 15.0 Å². The average Bonchev–Trinajstić information content (AvgIpc) is 3.01. The van der Waals surface area contributed by atoms with Crippen LogP contribution < -0.4 is 0 Å². The quantitative estimate of drug-likeness (QED) is 0.665. The second-order valence-electron chi connectivity index (χ2n) is 7.60. The zero-order chi connectivity index (χ0) is 18.3. The molecule has 1 aliphatic rings. The number of likely N-dealkylation sites (N-methyl/N-ethyl adjacent to an activating group) is 1. The first-order valence-corrected chi connectivity index (χ1v) is 8.92. The van der Waals surface area contributed by atoms with Crippen LogP contribution in [0.15, 0.2) is 36.7 Å². The van der Waals surface area contributed by atoms with Crippen molar-refractivity contribution in [1.29, 1.82) is 0 Å². The number of pyridine rings is 1. The highest BCUT2D eigenvalue weighted by Gasteiger charge is 2.14. The Balaban J connectivity index is 1.75. The second kappa shape index (κ2) is 6.28. The number of nitrogens with one attached hydrogen (secondary N) is 1. The predicted molar refractivity (Wildman–Crippen MR) is 105 cm³/mol. The number of benzene rings is 1. The molecule has 0 atom stereocenters. The fraction of sp³-hybridized carbons (Fsp3) is 0.318. The summed E-state index contributed by atoms with van der Waals surface area (Å²) in [5, 5.41) is 10.8. The molecule has 0 saturated heterocycles. The molecule has 4 rings (SSSR count). The number of rotatable bonds is 1. The van der Waals surface area contributed by atoms with E-state index in [4.69, 9.17) is 0 Å².